The first kappa shape index (κ1) is 17.0. The van der Waals surface area contributed by atoms with E-state index in [4.69, 9.17) is 4.55 Å². The first-order valence-corrected chi connectivity index (χ1v) is 7.17. The van der Waals surface area contributed by atoms with Gasteiger partial charge in [0.2, 0.25) is 0 Å². The minimum atomic E-state index is -5.10. The van der Waals surface area contributed by atoms with E-state index in [1.807, 2.05) is 0 Å². The van der Waals surface area contributed by atoms with Crippen LogP contribution in [0, 0.1) is 0 Å². The molecule has 0 bridgehead atoms. The second-order valence-electron chi connectivity index (χ2n) is 2.64. The second-order valence-corrected chi connectivity index (χ2v) is 5.59. The van der Waals surface area contributed by atoms with Crippen molar-refractivity contribution < 1.29 is 39.7 Å². The molecular weight excluding hydrogens is 288 g/mol. The molecule has 0 rings (SSSR count). The zero-order chi connectivity index (χ0) is 13.7. The van der Waals surface area contributed by atoms with Crippen molar-refractivity contribution in [1.29, 1.82) is 0 Å². The Hall–Kier alpha value is 0.01000. The number of alkyl halides is 3. The van der Waals surface area contributed by atoms with Gasteiger partial charge in [0, 0.05) is 6.16 Å². The van der Waals surface area contributed by atoms with Crippen LogP contribution in [0.15, 0.2) is 0 Å². The number of hydrogen-bond donors (Lipinski definition) is 1. The van der Waals surface area contributed by atoms with Crippen molar-refractivity contribution >= 4 is 19.0 Å². The van der Waals surface area contributed by atoms with Crippen LogP contribution in [0.1, 0.15) is 13.8 Å². The first-order valence-electron chi connectivity index (χ1n) is 4.41. The third-order valence-electron chi connectivity index (χ3n) is 1.41. The molecule has 3 atom stereocenters. The Bertz CT molecular complexity index is 309. The van der Waals surface area contributed by atoms with E-state index in [2.05, 4.69) is 13.2 Å². The van der Waals surface area contributed by atoms with Gasteiger partial charge in [-0.05, 0) is 6.92 Å². The molecule has 0 saturated heterocycles. The average Bonchev–Trinajstić information content (AvgIpc) is 2.15. The van der Waals surface area contributed by atoms with Crippen molar-refractivity contribution in [2.24, 2.45) is 0 Å². The molecule has 104 valence electrons. The Balaban J connectivity index is 4.84. The Kier molecular flexibility index (Phi) is 6.82. The average molecular weight is 300 g/mol. The molecule has 0 aromatic heterocycles. The molecule has 0 aromatic rings. The van der Waals surface area contributed by atoms with Crippen LogP contribution in [0.25, 0.3) is 0 Å². The summed E-state index contributed by atoms with van der Waals surface area (Å²) in [4.78, 5) is 0. The smallest absolute Gasteiger partial charge is 0.309 e. The first-order chi connectivity index (χ1) is 7.64. The van der Waals surface area contributed by atoms with Crippen LogP contribution < -0.4 is 0 Å². The summed E-state index contributed by atoms with van der Waals surface area (Å²) in [7, 11) is -4.00. The molecule has 17 heavy (non-hydrogen) atoms. The van der Waals surface area contributed by atoms with E-state index in [0.29, 0.717) is 0 Å². The van der Waals surface area contributed by atoms with Crippen LogP contribution in [-0.2, 0) is 29.2 Å². The molecule has 0 amide bonds. The fourth-order valence-electron chi connectivity index (χ4n) is 0.745. The quantitative estimate of drug-likeness (QED) is 0.441. The summed E-state index contributed by atoms with van der Waals surface area (Å²) in [6, 6.07) is 0. The van der Waals surface area contributed by atoms with Gasteiger partial charge in [-0.1, -0.05) is 6.92 Å². The highest BCUT2D eigenvalue weighted by Crippen LogP contribution is 2.50. The molecule has 0 radical (unpaired) electrons. The highest BCUT2D eigenvalue weighted by molar-refractivity contribution is 7.74. The molecule has 3 unspecified atom stereocenters. The summed E-state index contributed by atoms with van der Waals surface area (Å²) in [5.41, 5.74) is 0. The van der Waals surface area contributed by atoms with Crippen molar-refractivity contribution in [2.45, 2.75) is 26.3 Å². The second kappa shape index (κ2) is 6.81. The predicted octanol–water partition coefficient (Wildman–Crippen LogP) is 2.29. The Labute approximate surface area is 98.5 Å². The van der Waals surface area contributed by atoms with E-state index >= 15 is 0 Å². The molecule has 1 N–H and O–H groups in total. The van der Waals surface area contributed by atoms with Crippen LogP contribution >= 0.6 is 7.60 Å². The van der Waals surface area contributed by atoms with E-state index in [1.54, 1.807) is 0 Å². The molecule has 0 fully saturated rings. The summed E-state index contributed by atoms with van der Waals surface area (Å²) >= 11 is -3.20. The normalized spacial score (nSPS) is 19.6. The summed E-state index contributed by atoms with van der Waals surface area (Å²) in [5.74, 6) is 0. The van der Waals surface area contributed by atoms with Gasteiger partial charge < -0.3 is 4.52 Å². The molecule has 6 nitrogen and oxygen atoms in total. The molecule has 0 aromatic carbocycles. The van der Waals surface area contributed by atoms with Crippen LogP contribution in [0.4, 0.5) is 13.2 Å². The monoisotopic (exact) mass is 300 g/mol. The Morgan fingerprint density at radius 1 is 1.41 bits per heavy atom. The van der Waals surface area contributed by atoms with Gasteiger partial charge >= 0.3 is 25.1 Å². The van der Waals surface area contributed by atoms with Crippen molar-refractivity contribution in [3.05, 3.63) is 0 Å². The van der Waals surface area contributed by atoms with Crippen LogP contribution in [0.3, 0.4) is 0 Å². The molecule has 0 heterocycles. The predicted molar refractivity (Wildman–Crippen MR) is 52.6 cm³/mol. The van der Waals surface area contributed by atoms with Gasteiger partial charge in [0.1, 0.15) is 0 Å². The van der Waals surface area contributed by atoms with Crippen LogP contribution in [0.5, 0.6) is 0 Å². The molecule has 0 saturated carbocycles. The van der Waals surface area contributed by atoms with Gasteiger partial charge in [-0.25, -0.2) is 4.18 Å². The SMILES string of the molecule is CCOP(=O)(CC)OC(OS(=O)O)C(F)(F)F. The summed E-state index contributed by atoms with van der Waals surface area (Å²) in [6.07, 6.45) is -8.50. The third-order valence-corrected chi connectivity index (χ3v) is 3.68. The maximum Gasteiger partial charge on any atom is 0.441 e. The van der Waals surface area contributed by atoms with Crippen LogP contribution in [-0.4, -0.2) is 34.0 Å². The molecule has 0 spiro atoms. The number of halogens is 3. The number of hydrogen-bond acceptors (Lipinski definition) is 5. The van der Waals surface area contributed by atoms with Crippen molar-refractivity contribution in [1.82, 2.24) is 0 Å². The number of rotatable bonds is 7. The molecule has 11 heteroatoms. The van der Waals surface area contributed by atoms with Gasteiger partial charge in [-0.3, -0.25) is 13.6 Å². The molecule has 0 aliphatic rings. The van der Waals surface area contributed by atoms with Crippen molar-refractivity contribution in [3.63, 3.8) is 0 Å². The summed E-state index contributed by atoms with van der Waals surface area (Å²) < 4.78 is 79.2. The summed E-state index contributed by atoms with van der Waals surface area (Å²) in [5, 5.41) is 0. The topological polar surface area (TPSA) is 82.1 Å². The summed E-state index contributed by atoms with van der Waals surface area (Å²) in [6.45, 7) is 2.58. The van der Waals surface area contributed by atoms with Crippen LogP contribution in [0.2, 0.25) is 0 Å². The lowest BCUT2D eigenvalue weighted by atomic mass is 10.6. The molecule has 0 aliphatic carbocycles. The third kappa shape index (κ3) is 6.49. The van der Waals surface area contributed by atoms with Gasteiger partial charge in [0.05, 0.1) is 6.61 Å². The minimum Gasteiger partial charge on any atom is -0.309 e. The van der Waals surface area contributed by atoms with Crippen molar-refractivity contribution in [2.75, 3.05) is 12.8 Å². The van der Waals surface area contributed by atoms with E-state index in [1.165, 1.54) is 13.8 Å². The molecular formula is C6H12F3O6PS. The molecule has 0 aliphatic heterocycles. The fraction of sp³-hybridized carbons (Fsp3) is 1.00. The van der Waals surface area contributed by atoms with E-state index < -0.39 is 31.4 Å². The maximum absolute atomic E-state index is 12.3. The Morgan fingerprint density at radius 3 is 2.24 bits per heavy atom. The highest BCUT2D eigenvalue weighted by Gasteiger charge is 2.47. The lowest BCUT2D eigenvalue weighted by Gasteiger charge is -2.23. The minimum absolute atomic E-state index is 0.127. The fourth-order valence-corrected chi connectivity index (χ4v) is 2.34. The Morgan fingerprint density at radius 2 is 1.94 bits per heavy atom. The lowest BCUT2D eigenvalue weighted by molar-refractivity contribution is -0.255. The largest absolute Gasteiger partial charge is 0.441 e. The zero-order valence-electron chi connectivity index (χ0n) is 8.97. The zero-order valence-corrected chi connectivity index (χ0v) is 10.7. The van der Waals surface area contributed by atoms with E-state index in [0.717, 1.165) is 0 Å². The maximum atomic E-state index is 12.3. The van der Waals surface area contributed by atoms with E-state index in [9.17, 15) is 21.9 Å². The van der Waals surface area contributed by atoms with Gasteiger partial charge in [-0.2, -0.15) is 17.4 Å². The van der Waals surface area contributed by atoms with E-state index in [-0.39, 0.29) is 12.8 Å². The standard InChI is InChI=1S/C6H12F3O6PS/c1-3-13-16(10,4-2)14-5(6(7,8)9)15-17(11)12/h5H,3-4H2,1-2H3,(H,11,12). The van der Waals surface area contributed by atoms with Crippen molar-refractivity contribution in [3.8, 4) is 0 Å². The van der Waals surface area contributed by atoms with Gasteiger partial charge in [0.15, 0.2) is 0 Å². The van der Waals surface area contributed by atoms with Gasteiger partial charge in [0.25, 0.3) is 6.29 Å². The highest BCUT2D eigenvalue weighted by atomic mass is 32.2. The van der Waals surface area contributed by atoms with Gasteiger partial charge in [-0.15, -0.1) is 0 Å². The lowest BCUT2D eigenvalue weighted by Crippen LogP contribution is -2.34.